The summed E-state index contributed by atoms with van der Waals surface area (Å²) >= 11 is 0. The maximum Gasteiger partial charge on any atom is 0.348 e. The van der Waals surface area contributed by atoms with E-state index in [0.717, 1.165) is 0 Å². The van der Waals surface area contributed by atoms with Gasteiger partial charge in [-0.25, -0.2) is 18.6 Å². The molecule has 6 heteroatoms. The third-order valence-electron chi connectivity index (χ3n) is 3.10. The highest BCUT2D eigenvalue weighted by Gasteiger charge is 2.22. The van der Waals surface area contributed by atoms with Crippen molar-refractivity contribution in [2.45, 2.75) is 6.43 Å². The Balaban J connectivity index is 2.39. The second kappa shape index (κ2) is 4.97. The minimum absolute atomic E-state index is 0.0520. The summed E-state index contributed by atoms with van der Waals surface area (Å²) in [7, 11) is 0. The fourth-order valence-corrected chi connectivity index (χ4v) is 2.17. The van der Waals surface area contributed by atoms with Crippen molar-refractivity contribution < 1.29 is 18.3 Å². The van der Waals surface area contributed by atoms with Crippen LogP contribution >= 0.6 is 0 Å². The van der Waals surface area contributed by atoms with Crippen LogP contribution in [0.3, 0.4) is 0 Å². The van der Waals surface area contributed by atoms with Crippen molar-refractivity contribution in [1.29, 1.82) is 0 Å². The Bertz CT molecular complexity index is 874. The molecule has 0 spiro atoms. The summed E-state index contributed by atoms with van der Waals surface area (Å²) in [5, 5.41) is 10.2. The lowest BCUT2D eigenvalue weighted by atomic mass is 10.0. The number of hydrogen-bond donors (Lipinski definition) is 1. The van der Waals surface area contributed by atoms with Crippen molar-refractivity contribution in [3.8, 4) is 16.9 Å². The normalized spacial score (nSPS) is 11.2. The van der Waals surface area contributed by atoms with Gasteiger partial charge in [0.25, 0.3) is 6.43 Å². The van der Waals surface area contributed by atoms with Crippen LogP contribution in [0.1, 0.15) is 12.0 Å². The molecule has 0 atom stereocenters. The van der Waals surface area contributed by atoms with E-state index in [9.17, 15) is 18.7 Å². The Morgan fingerprint density at radius 1 is 1.14 bits per heavy atom. The van der Waals surface area contributed by atoms with Crippen LogP contribution in [0, 0.1) is 0 Å². The highest BCUT2D eigenvalue weighted by Crippen LogP contribution is 2.36. The Morgan fingerprint density at radius 2 is 1.90 bits per heavy atom. The second-order valence-corrected chi connectivity index (χ2v) is 4.35. The first-order chi connectivity index (χ1) is 10.1. The van der Waals surface area contributed by atoms with Crippen LogP contribution in [0.5, 0.6) is 5.75 Å². The highest BCUT2D eigenvalue weighted by atomic mass is 19.3. The van der Waals surface area contributed by atoms with Crippen LogP contribution in [0.2, 0.25) is 0 Å². The van der Waals surface area contributed by atoms with Gasteiger partial charge in [0, 0.05) is 17.3 Å². The van der Waals surface area contributed by atoms with Gasteiger partial charge < -0.3 is 9.52 Å². The van der Waals surface area contributed by atoms with Crippen LogP contribution in [-0.4, -0.2) is 10.1 Å². The zero-order chi connectivity index (χ0) is 15.0. The molecule has 106 valence electrons. The maximum absolute atomic E-state index is 13.1. The van der Waals surface area contributed by atoms with Gasteiger partial charge in [-0.2, -0.15) is 0 Å². The molecule has 0 bridgehead atoms. The first-order valence-corrected chi connectivity index (χ1v) is 6.08. The first-order valence-electron chi connectivity index (χ1n) is 6.08. The van der Waals surface area contributed by atoms with Gasteiger partial charge in [-0.3, -0.25) is 0 Å². The van der Waals surface area contributed by atoms with Gasteiger partial charge in [0.1, 0.15) is 11.1 Å². The van der Waals surface area contributed by atoms with Gasteiger partial charge >= 0.3 is 5.63 Å². The molecule has 0 radical (unpaired) electrons. The number of benzene rings is 1. The van der Waals surface area contributed by atoms with Gasteiger partial charge in [-0.1, -0.05) is 24.3 Å². The fourth-order valence-electron chi connectivity index (χ4n) is 2.17. The third kappa shape index (κ3) is 2.14. The molecule has 0 fully saturated rings. The zero-order valence-electron chi connectivity index (χ0n) is 10.6. The van der Waals surface area contributed by atoms with Crippen molar-refractivity contribution in [3.63, 3.8) is 0 Å². The smallest absolute Gasteiger partial charge is 0.348 e. The van der Waals surface area contributed by atoms with E-state index < -0.39 is 17.8 Å². The van der Waals surface area contributed by atoms with E-state index >= 15 is 0 Å². The lowest BCUT2D eigenvalue weighted by Gasteiger charge is -2.10. The molecular weight excluding hydrogens is 280 g/mol. The maximum atomic E-state index is 13.1. The molecule has 2 aromatic heterocycles. The quantitative estimate of drug-likeness (QED) is 0.784. The van der Waals surface area contributed by atoms with Gasteiger partial charge in [0.05, 0.1) is 0 Å². The Kier molecular flexibility index (Phi) is 3.13. The summed E-state index contributed by atoms with van der Waals surface area (Å²) in [6, 6.07) is 8.47. The van der Waals surface area contributed by atoms with Crippen LogP contribution < -0.4 is 5.63 Å². The van der Waals surface area contributed by atoms with E-state index in [1.807, 2.05) is 0 Å². The SMILES string of the molecule is O=c1oc2cccnc2c(O)c1-c1ccccc1C(F)F. The summed E-state index contributed by atoms with van der Waals surface area (Å²) in [5.74, 6) is -0.463. The van der Waals surface area contributed by atoms with Crippen LogP contribution in [0.15, 0.2) is 51.8 Å². The Labute approximate surface area is 117 Å². The number of aromatic nitrogens is 1. The van der Waals surface area contributed by atoms with Gasteiger partial charge in [0.2, 0.25) is 0 Å². The summed E-state index contributed by atoms with van der Waals surface area (Å²) in [6.07, 6.45) is -1.37. The van der Waals surface area contributed by atoms with Gasteiger partial charge in [-0.05, 0) is 12.1 Å². The molecular formula is C15H9F2NO3. The Hall–Kier alpha value is -2.76. The van der Waals surface area contributed by atoms with Gasteiger partial charge in [-0.15, -0.1) is 0 Å². The number of nitrogens with zero attached hydrogens (tertiary/aromatic N) is 1. The number of alkyl halides is 2. The fraction of sp³-hybridized carbons (Fsp3) is 0.0667. The molecule has 0 unspecified atom stereocenters. The van der Waals surface area contributed by atoms with Crippen molar-refractivity contribution in [3.05, 3.63) is 58.6 Å². The van der Waals surface area contributed by atoms with E-state index in [1.54, 1.807) is 0 Å². The molecule has 1 N–H and O–H groups in total. The molecule has 0 aliphatic rings. The average Bonchev–Trinajstić information content (AvgIpc) is 2.47. The van der Waals surface area contributed by atoms with Gasteiger partial charge in [0.15, 0.2) is 11.3 Å². The number of fused-ring (bicyclic) bond motifs is 1. The third-order valence-corrected chi connectivity index (χ3v) is 3.10. The number of pyridine rings is 1. The molecule has 0 aliphatic carbocycles. The van der Waals surface area contributed by atoms with Crippen LogP contribution in [0.25, 0.3) is 22.2 Å². The Morgan fingerprint density at radius 3 is 2.67 bits per heavy atom. The van der Waals surface area contributed by atoms with E-state index in [2.05, 4.69) is 4.98 Å². The molecule has 3 rings (SSSR count). The minimum atomic E-state index is -2.78. The van der Waals surface area contributed by atoms with Crippen molar-refractivity contribution in [2.75, 3.05) is 0 Å². The molecule has 0 aliphatic heterocycles. The lowest BCUT2D eigenvalue weighted by Crippen LogP contribution is -2.06. The largest absolute Gasteiger partial charge is 0.505 e. The summed E-state index contributed by atoms with van der Waals surface area (Å²) in [6.45, 7) is 0. The highest BCUT2D eigenvalue weighted by molar-refractivity contribution is 5.87. The number of halogens is 2. The monoisotopic (exact) mass is 289 g/mol. The molecule has 0 amide bonds. The molecule has 4 nitrogen and oxygen atoms in total. The van der Waals surface area contributed by atoms with Crippen molar-refractivity contribution in [2.24, 2.45) is 0 Å². The molecule has 2 heterocycles. The number of rotatable bonds is 2. The summed E-state index contributed by atoms with van der Waals surface area (Å²) in [4.78, 5) is 15.9. The van der Waals surface area contributed by atoms with E-state index in [-0.39, 0.29) is 27.8 Å². The summed E-state index contributed by atoms with van der Waals surface area (Å²) in [5.41, 5.74) is -1.46. The minimum Gasteiger partial charge on any atom is -0.505 e. The van der Waals surface area contributed by atoms with Crippen LogP contribution in [0.4, 0.5) is 8.78 Å². The van der Waals surface area contributed by atoms with E-state index in [0.29, 0.717) is 0 Å². The standard InChI is InChI=1S/C15H9F2NO3/c16-14(17)9-5-2-1-4-8(9)11-13(19)12-10(21-15(11)20)6-3-7-18-12/h1-7,14,19H. The number of aromatic hydroxyl groups is 1. The molecule has 21 heavy (non-hydrogen) atoms. The predicted molar refractivity (Wildman–Crippen MR) is 72.3 cm³/mol. The molecule has 0 saturated heterocycles. The first kappa shape index (κ1) is 13.2. The molecule has 0 saturated carbocycles. The van der Waals surface area contributed by atoms with E-state index in [1.165, 1.54) is 42.6 Å². The summed E-state index contributed by atoms with van der Waals surface area (Å²) < 4.78 is 31.2. The lowest BCUT2D eigenvalue weighted by molar-refractivity contribution is 0.152. The van der Waals surface area contributed by atoms with E-state index in [4.69, 9.17) is 4.42 Å². The topological polar surface area (TPSA) is 63.3 Å². The van der Waals surface area contributed by atoms with Crippen molar-refractivity contribution in [1.82, 2.24) is 4.98 Å². The van der Waals surface area contributed by atoms with Crippen molar-refractivity contribution >= 4 is 11.1 Å². The zero-order valence-corrected chi connectivity index (χ0v) is 10.6. The predicted octanol–water partition coefficient (Wildman–Crippen LogP) is 3.50. The molecule has 3 aromatic rings. The second-order valence-electron chi connectivity index (χ2n) is 4.35. The average molecular weight is 289 g/mol. The molecule has 1 aromatic carbocycles. The van der Waals surface area contributed by atoms with Crippen LogP contribution in [-0.2, 0) is 0 Å². The number of hydrogen-bond acceptors (Lipinski definition) is 4.